The van der Waals surface area contributed by atoms with Gasteiger partial charge in [0.05, 0.1) is 0 Å². The Morgan fingerprint density at radius 2 is 2.24 bits per heavy atom. The minimum absolute atomic E-state index is 0.0305. The number of carbonyl (C=O) groups excluding carboxylic acids is 1. The molecule has 0 unspecified atom stereocenters. The van der Waals surface area contributed by atoms with Crippen LogP contribution in [0, 0.1) is 6.92 Å². The number of nitrogens with one attached hydrogen (secondary N) is 1. The van der Waals surface area contributed by atoms with Gasteiger partial charge in [0, 0.05) is 31.5 Å². The van der Waals surface area contributed by atoms with Gasteiger partial charge in [-0.05, 0) is 31.9 Å². The van der Waals surface area contributed by atoms with Crippen LogP contribution in [0.5, 0.6) is 0 Å². The van der Waals surface area contributed by atoms with Gasteiger partial charge < -0.3 is 9.88 Å². The Morgan fingerprint density at radius 1 is 1.33 bits per heavy atom. The van der Waals surface area contributed by atoms with E-state index in [1.54, 1.807) is 0 Å². The Bertz CT molecular complexity index is 647. The van der Waals surface area contributed by atoms with Gasteiger partial charge in [-0.15, -0.1) is 10.2 Å². The third kappa shape index (κ3) is 3.12. The molecular weight excluding hydrogens is 264 g/mol. The van der Waals surface area contributed by atoms with Crippen molar-refractivity contribution < 1.29 is 4.79 Å². The molecule has 0 fully saturated rings. The van der Waals surface area contributed by atoms with Gasteiger partial charge in [-0.2, -0.15) is 0 Å². The van der Waals surface area contributed by atoms with Crippen LogP contribution in [-0.2, 0) is 19.4 Å². The number of benzene rings is 1. The molecular formula is C16H20N4O. The molecule has 0 saturated carbocycles. The van der Waals surface area contributed by atoms with Crippen LogP contribution in [0.2, 0.25) is 0 Å². The van der Waals surface area contributed by atoms with Crippen LogP contribution in [0.25, 0.3) is 0 Å². The monoisotopic (exact) mass is 284 g/mol. The van der Waals surface area contributed by atoms with Crippen molar-refractivity contribution in [2.24, 2.45) is 0 Å². The van der Waals surface area contributed by atoms with Crippen LogP contribution in [-0.4, -0.2) is 27.2 Å². The third-order valence-corrected chi connectivity index (χ3v) is 3.85. The predicted octanol–water partition coefficient (Wildman–Crippen LogP) is 1.90. The lowest BCUT2D eigenvalue weighted by atomic mass is 10.1. The average Bonchev–Trinajstić information content (AvgIpc) is 2.91. The molecule has 1 N–H and O–H groups in total. The van der Waals surface area contributed by atoms with E-state index in [0.717, 1.165) is 36.6 Å². The smallest absolute Gasteiger partial charge is 0.251 e. The molecule has 0 saturated heterocycles. The van der Waals surface area contributed by atoms with Crippen LogP contribution in [0.3, 0.4) is 0 Å². The third-order valence-electron chi connectivity index (χ3n) is 3.85. The number of nitrogens with zero attached hydrogens (tertiary/aromatic N) is 3. The van der Waals surface area contributed by atoms with E-state index in [1.807, 2.05) is 31.2 Å². The molecule has 1 aromatic heterocycles. The first kappa shape index (κ1) is 13.8. The van der Waals surface area contributed by atoms with Crippen molar-refractivity contribution in [3.63, 3.8) is 0 Å². The predicted molar refractivity (Wildman–Crippen MR) is 80.2 cm³/mol. The Morgan fingerprint density at radius 3 is 3.10 bits per heavy atom. The second-order valence-electron chi connectivity index (χ2n) is 5.52. The fraction of sp³-hybridized carbons (Fsp3) is 0.438. The van der Waals surface area contributed by atoms with Crippen molar-refractivity contribution in [2.45, 2.75) is 39.2 Å². The van der Waals surface area contributed by atoms with Gasteiger partial charge >= 0.3 is 0 Å². The number of hydrogen-bond donors (Lipinski definition) is 1. The minimum Gasteiger partial charge on any atom is -0.352 e. The fourth-order valence-electron chi connectivity index (χ4n) is 2.73. The van der Waals surface area contributed by atoms with Crippen LogP contribution < -0.4 is 5.32 Å². The van der Waals surface area contributed by atoms with Crippen molar-refractivity contribution in [2.75, 3.05) is 6.54 Å². The number of aryl methyl sites for hydroxylation is 2. The molecule has 1 aliphatic rings. The summed E-state index contributed by atoms with van der Waals surface area (Å²) in [5.74, 6) is 2.03. The van der Waals surface area contributed by atoms with Crippen LogP contribution in [0.15, 0.2) is 24.3 Å². The molecule has 3 rings (SSSR count). The van der Waals surface area contributed by atoms with Gasteiger partial charge in [0.1, 0.15) is 11.6 Å². The van der Waals surface area contributed by atoms with Crippen LogP contribution in [0.1, 0.15) is 40.4 Å². The standard InChI is InChI=1S/C16H20N4O/c1-12-5-4-6-13(11-12)16(21)17-9-8-15-19-18-14-7-2-3-10-20(14)15/h4-6,11H,2-3,7-10H2,1H3,(H,17,21). The maximum atomic E-state index is 12.1. The molecule has 0 spiro atoms. The molecule has 5 nitrogen and oxygen atoms in total. The highest BCUT2D eigenvalue weighted by Gasteiger charge is 2.15. The van der Waals surface area contributed by atoms with E-state index in [2.05, 4.69) is 20.1 Å². The number of fused-ring (bicyclic) bond motifs is 1. The summed E-state index contributed by atoms with van der Waals surface area (Å²) in [6.45, 7) is 3.58. The van der Waals surface area contributed by atoms with Crippen molar-refractivity contribution in [1.82, 2.24) is 20.1 Å². The summed E-state index contributed by atoms with van der Waals surface area (Å²) in [5.41, 5.74) is 1.80. The Balaban J connectivity index is 1.56. The highest BCUT2D eigenvalue weighted by atomic mass is 16.1. The average molecular weight is 284 g/mol. The second-order valence-corrected chi connectivity index (χ2v) is 5.52. The topological polar surface area (TPSA) is 59.8 Å². The summed E-state index contributed by atoms with van der Waals surface area (Å²) < 4.78 is 2.20. The number of carbonyl (C=O) groups is 1. The zero-order chi connectivity index (χ0) is 14.7. The van der Waals surface area contributed by atoms with Crippen molar-refractivity contribution in [1.29, 1.82) is 0 Å². The first-order chi connectivity index (χ1) is 10.2. The van der Waals surface area contributed by atoms with E-state index in [9.17, 15) is 4.79 Å². The lowest BCUT2D eigenvalue weighted by Crippen LogP contribution is -2.27. The van der Waals surface area contributed by atoms with Gasteiger partial charge in [0.25, 0.3) is 5.91 Å². The minimum atomic E-state index is -0.0305. The molecule has 0 atom stereocenters. The van der Waals surface area contributed by atoms with Gasteiger partial charge in [-0.1, -0.05) is 17.7 Å². The Labute approximate surface area is 124 Å². The molecule has 21 heavy (non-hydrogen) atoms. The summed E-state index contributed by atoms with van der Waals surface area (Å²) in [6.07, 6.45) is 4.13. The summed E-state index contributed by atoms with van der Waals surface area (Å²) in [6, 6.07) is 7.62. The lowest BCUT2D eigenvalue weighted by Gasteiger charge is -2.14. The highest BCUT2D eigenvalue weighted by Crippen LogP contribution is 2.14. The van der Waals surface area contributed by atoms with E-state index in [4.69, 9.17) is 0 Å². The van der Waals surface area contributed by atoms with Crippen LogP contribution >= 0.6 is 0 Å². The number of rotatable bonds is 4. The van der Waals surface area contributed by atoms with Gasteiger partial charge in [0.15, 0.2) is 0 Å². The maximum absolute atomic E-state index is 12.1. The number of hydrogen-bond acceptors (Lipinski definition) is 3. The summed E-state index contributed by atoms with van der Waals surface area (Å²) in [4.78, 5) is 12.1. The maximum Gasteiger partial charge on any atom is 0.251 e. The van der Waals surface area contributed by atoms with Gasteiger partial charge in [0.2, 0.25) is 0 Å². The molecule has 1 aromatic carbocycles. The lowest BCUT2D eigenvalue weighted by molar-refractivity contribution is 0.0954. The summed E-state index contributed by atoms with van der Waals surface area (Å²) >= 11 is 0. The summed E-state index contributed by atoms with van der Waals surface area (Å²) in [7, 11) is 0. The first-order valence-electron chi connectivity index (χ1n) is 7.50. The zero-order valence-corrected chi connectivity index (χ0v) is 12.3. The molecule has 1 amide bonds. The number of aromatic nitrogens is 3. The normalized spacial score (nSPS) is 13.8. The van der Waals surface area contributed by atoms with E-state index in [1.165, 1.54) is 12.8 Å². The molecule has 5 heteroatoms. The molecule has 0 radical (unpaired) electrons. The Hall–Kier alpha value is -2.17. The zero-order valence-electron chi connectivity index (χ0n) is 12.3. The van der Waals surface area contributed by atoms with Crippen molar-refractivity contribution in [3.05, 3.63) is 47.0 Å². The second kappa shape index (κ2) is 6.08. The van der Waals surface area contributed by atoms with Crippen LogP contribution in [0.4, 0.5) is 0 Å². The first-order valence-corrected chi connectivity index (χ1v) is 7.50. The van der Waals surface area contributed by atoms with E-state index in [0.29, 0.717) is 12.1 Å². The van der Waals surface area contributed by atoms with Gasteiger partial charge in [-0.25, -0.2) is 0 Å². The van der Waals surface area contributed by atoms with E-state index >= 15 is 0 Å². The molecule has 0 aliphatic carbocycles. The molecule has 2 aromatic rings. The number of amides is 1. The molecule has 2 heterocycles. The molecule has 110 valence electrons. The largest absolute Gasteiger partial charge is 0.352 e. The van der Waals surface area contributed by atoms with Crippen molar-refractivity contribution >= 4 is 5.91 Å². The van der Waals surface area contributed by atoms with Gasteiger partial charge in [-0.3, -0.25) is 4.79 Å². The summed E-state index contributed by atoms with van der Waals surface area (Å²) in [5, 5.41) is 11.4. The fourth-order valence-corrected chi connectivity index (χ4v) is 2.73. The molecule has 1 aliphatic heterocycles. The molecule has 0 bridgehead atoms. The van der Waals surface area contributed by atoms with Crippen molar-refractivity contribution in [3.8, 4) is 0 Å². The quantitative estimate of drug-likeness (QED) is 0.932. The van der Waals surface area contributed by atoms with E-state index < -0.39 is 0 Å². The SMILES string of the molecule is Cc1cccc(C(=O)NCCc2nnc3n2CCCC3)c1. The van der Waals surface area contributed by atoms with E-state index in [-0.39, 0.29) is 5.91 Å². The Kier molecular flexibility index (Phi) is 3.99. The highest BCUT2D eigenvalue weighted by molar-refractivity contribution is 5.94.